The Morgan fingerprint density at radius 2 is 2.08 bits per heavy atom. The Morgan fingerprint density at radius 1 is 1.33 bits per heavy atom. The van der Waals surface area contributed by atoms with Crippen molar-refractivity contribution >= 4 is 23.5 Å². The number of aromatic nitrogens is 2. The molecule has 0 N–H and O–H groups in total. The van der Waals surface area contributed by atoms with Gasteiger partial charge in [0, 0.05) is 17.1 Å². The van der Waals surface area contributed by atoms with Gasteiger partial charge in [-0.15, -0.1) is 0 Å². The highest BCUT2D eigenvalue weighted by atomic mass is 35.5. The van der Waals surface area contributed by atoms with E-state index in [0.29, 0.717) is 34.7 Å². The monoisotopic (exact) mass is 348 g/mol. The molecule has 1 aromatic heterocycles. The first-order valence-corrected chi connectivity index (χ1v) is 7.88. The Hall–Kier alpha value is -2.27. The van der Waals surface area contributed by atoms with E-state index >= 15 is 0 Å². The average molecular weight is 349 g/mol. The van der Waals surface area contributed by atoms with E-state index in [4.69, 9.17) is 11.6 Å². The van der Waals surface area contributed by atoms with Gasteiger partial charge in [0.25, 0.3) is 0 Å². The summed E-state index contributed by atoms with van der Waals surface area (Å²) >= 11 is 6.05. The Morgan fingerprint density at radius 3 is 2.79 bits per heavy atom. The van der Waals surface area contributed by atoms with Gasteiger partial charge in [0.15, 0.2) is 0 Å². The van der Waals surface area contributed by atoms with Gasteiger partial charge in [0.2, 0.25) is 5.78 Å². The summed E-state index contributed by atoms with van der Waals surface area (Å²) in [4.78, 5) is 17.3. The lowest BCUT2D eigenvalue weighted by Crippen LogP contribution is -2.17. The van der Waals surface area contributed by atoms with Gasteiger partial charge in [0.05, 0.1) is 11.3 Å². The van der Waals surface area contributed by atoms with Crippen LogP contribution >= 0.6 is 11.6 Å². The summed E-state index contributed by atoms with van der Waals surface area (Å²) in [5.74, 6) is -1.54. The van der Waals surface area contributed by atoms with Crippen LogP contribution in [-0.4, -0.2) is 15.3 Å². The number of benzene rings is 1. The number of ketones is 1. The van der Waals surface area contributed by atoms with Gasteiger partial charge < -0.3 is 4.57 Å². The second kappa shape index (κ2) is 6.32. The number of nitrogens with zero attached hydrogens (tertiary/aromatic N) is 2. The SMILES string of the molecule is Cc1nc2n(c1C(=O)c1ccc(F)cc1F)C(C)CC=C(Cl)C=C2. The Balaban J connectivity index is 2.14. The van der Waals surface area contributed by atoms with E-state index in [1.807, 2.05) is 13.0 Å². The van der Waals surface area contributed by atoms with Crippen molar-refractivity contribution in [3.63, 3.8) is 0 Å². The van der Waals surface area contributed by atoms with Crippen molar-refractivity contribution in [3.8, 4) is 0 Å². The van der Waals surface area contributed by atoms with E-state index < -0.39 is 17.4 Å². The summed E-state index contributed by atoms with van der Waals surface area (Å²) < 4.78 is 28.9. The van der Waals surface area contributed by atoms with E-state index in [0.717, 1.165) is 12.1 Å². The van der Waals surface area contributed by atoms with Gasteiger partial charge in [-0.1, -0.05) is 17.7 Å². The van der Waals surface area contributed by atoms with E-state index in [1.165, 1.54) is 0 Å². The van der Waals surface area contributed by atoms with Crippen LogP contribution in [-0.2, 0) is 0 Å². The van der Waals surface area contributed by atoms with E-state index in [9.17, 15) is 13.6 Å². The topological polar surface area (TPSA) is 34.9 Å². The summed E-state index contributed by atoms with van der Waals surface area (Å²) in [6.07, 6.45) is 5.89. The van der Waals surface area contributed by atoms with Crippen LogP contribution in [0.25, 0.3) is 6.08 Å². The molecule has 0 saturated carbocycles. The van der Waals surface area contributed by atoms with Crippen molar-refractivity contribution in [2.75, 3.05) is 0 Å². The lowest BCUT2D eigenvalue weighted by Gasteiger charge is -2.18. The van der Waals surface area contributed by atoms with Gasteiger partial charge >= 0.3 is 0 Å². The molecule has 1 aliphatic rings. The van der Waals surface area contributed by atoms with Gasteiger partial charge in [0.1, 0.15) is 23.2 Å². The molecule has 0 saturated heterocycles. The first-order valence-electron chi connectivity index (χ1n) is 7.50. The number of aryl methyl sites for hydroxylation is 1. The summed E-state index contributed by atoms with van der Waals surface area (Å²) in [5, 5.41) is 0.603. The van der Waals surface area contributed by atoms with Gasteiger partial charge in [-0.3, -0.25) is 4.79 Å². The van der Waals surface area contributed by atoms with Crippen molar-refractivity contribution in [1.82, 2.24) is 9.55 Å². The third-order valence-electron chi connectivity index (χ3n) is 3.99. The number of fused-ring (bicyclic) bond motifs is 1. The molecule has 24 heavy (non-hydrogen) atoms. The fourth-order valence-electron chi connectivity index (χ4n) is 2.82. The molecule has 2 heterocycles. The fourth-order valence-corrected chi connectivity index (χ4v) is 2.97. The molecule has 124 valence electrons. The van der Waals surface area contributed by atoms with Crippen LogP contribution in [0, 0.1) is 18.6 Å². The van der Waals surface area contributed by atoms with Crippen molar-refractivity contribution in [2.24, 2.45) is 0 Å². The van der Waals surface area contributed by atoms with Crippen LogP contribution in [0.3, 0.4) is 0 Å². The molecular weight excluding hydrogens is 334 g/mol. The minimum absolute atomic E-state index is 0.0811. The summed E-state index contributed by atoms with van der Waals surface area (Å²) in [5.41, 5.74) is 0.626. The minimum atomic E-state index is -0.882. The van der Waals surface area contributed by atoms with Crippen molar-refractivity contribution in [1.29, 1.82) is 0 Å². The fraction of sp³-hybridized carbons (Fsp3) is 0.222. The summed E-state index contributed by atoms with van der Waals surface area (Å²) in [6, 6.07) is 2.86. The quantitative estimate of drug-likeness (QED) is 0.730. The van der Waals surface area contributed by atoms with Gasteiger partial charge in [-0.25, -0.2) is 13.8 Å². The van der Waals surface area contributed by atoms with E-state index in [1.54, 1.807) is 23.6 Å². The highest BCUT2D eigenvalue weighted by Gasteiger charge is 2.26. The predicted molar refractivity (Wildman–Crippen MR) is 89.1 cm³/mol. The molecule has 0 radical (unpaired) electrons. The first-order chi connectivity index (χ1) is 11.4. The molecule has 0 fully saturated rings. The van der Waals surface area contributed by atoms with Crippen LogP contribution in [0.1, 0.15) is 47.0 Å². The molecule has 6 heteroatoms. The van der Waals surface area contributed by atoms with Crippen molar-refractivity contribution in [3.05, 3.63) is 69.8 Å². The number of hydrogen-bond donors (Lipinski definition) is 0. The zero-order chi connectivity index (χ0) is 17.4. The molecule has 1 unspecified atom stereocenters. The first kappa shape index (κ1) is 16.6. The number of halogens is 3. The number of allylic oxidation sites excluding steroid dienone is 3. The van der Waals surface area contributed by atoms with Crippen LogP contribution in [0.4, 0.5) is 8.78 Å². The largest absolute Gasteiger partial charge is 0.318 e. The molecule has 1 atom stereocenters. The van der Waals surface area contributed by atoms with Crippen molar-refractivity contribution in [2.45, 2.75) is 26.3 Å². The van der Waals surface area contributed by atoms with Crippen LogP contribution in [0.5, 0.6) is 0 Å². The summed E-state index contributed by atoms with van der Waals surface area (Å²) in [7, 11) is 0. The predicted octanol–water partition coefficient (Wildman–Crippen LogP) is 4.80. The van der Waals surface area contributed by atoms with E-state index in [2.05, 4.69) is 4.98 Å². The normalized spacial score (nSPS) is 17.0. The van der Waals surface area contributed by atoms with Gasteiger partial charge in [-0.2, -0.15) is 0 Å². The molecular formula is C18H15ClF2N2O. The average Bonchev–Trinajstić information content (AvgIpc) is 2.85. The Labute approximate surface area is 143 Å². The maximum absolute atomic E-state index is 14.0. The maximum Gasteiger partial charge on any atom is 0.214 e. The zero-order valence-electron chi connectivity index (χ0n) is 13.2. The smallest absolute Gasteiger partial charge is 0.214 e. The maximum atomic E-state index is 14.0. The van der Waals surface area contributed by atoms with E-state index in [-0.39, 0.29) is 11.6 Å². The van der Waals surface area contributed by atoms with Crippen LogP contribution in [0.15, 0.2) is 35.4 Å². The lowest BCUT2D eigenvalue weighted by atomic mass is 10.0. The van der Waals surface area contributed by atoms with Crippen molar-refractivity contribution < 1.29 is 13.6 Å². The number of rotatable bonds is 2. The second-order valence-electron chi connectivity index (χ2n) is 5.73. The number of carbonyl (C=O) groups excluding carboxylic acids is 1. The molecule has 2 aromatic rings. The highest BCUT2D eigenvalue weighted by Crippen LogP contribution is 2.28. The standard InChI is InChI=1S/C18H15ClF2N2O/c1-10-3-4-12(19)5-8-16-22-11(2)17(23(10)16)18(24)14-7-6-13(20)9-15(14)21/h4-10H,3H2,1-2H3. The molecule has 1 aromatic carbocycles. The third kappa shape index (κ3) is 2.91. The molecule has 3 rings (SSSR count). The number of hydrogen-bond acceptors (Lipinski definition) is 2. The number of imidazole rings is 1. The van der Waals surface area contributed by atoms with Gasteiger partial charge in [-0.05, 0) is 44.6 Å². The molecule has 1 aliphatic heterocycles. The highest BCUT2D eigenvalue weighted by molar-refractivity contribution is 6.31. The third-order valence-corrected chi connectivity index (χ3v) is 4.27. The Kier molecular flexibility index (Phi) is 4.37. The molecule has 0 spiro atoms. The van der Waals surface area contributed by atoms with Crippen LogP contribution < -0.4 is 0 Å². The van der Waals surface area contributed by atoms with Crippen LogP contribution in [0.2, 0.25) is 0 Å². The molecule has 0 amide bonds. The lowest BCUT2D eigenvalue weighted by molar-refractivity contribution is 0.102. The number of carbonyl (C=O) groups is 1. The minimum Gasteiger partial charge on any atom is -0.318 e. The molecule has 0 bridgehead atoms. The molecule has 0 aliphatic carbocycles. The molecule has 3 nitrogen and oxygen atoms in total. The zero-order valence-corrected chi connectivity index (χ0v) is 13.9. The Bertz CT molecular complexity index is 883. The summed E-state index contributed by atoms with van der Waals surface area (Å²) in [6.45, 7) is 3.63. The second-order valence-corrected chi connectivity index (χ2v) is 6.17.